The van der Waals surface area contributed by atoms with Crippen LogP contribution in [0.25, 0.3) is 0 Å². The highest BCUT2D eigenvalue weighted by molar-refractivity contribution is 5.29. The van der Waals surface area contributed by atoms with Gasteiger partial charge in [0.1, 0.15) is 0 Å². The van der Waals surface area contributed by atoms with Crippen molar-refractivity contribution >= 4 is 0 Å². The first kappa shape index (κ1) is 12.6. The van der Waals surface area contributed by atoms with Gasteiger partial charge in [-0.1, -0.05) is 42.7 Å². The third-order valence-electron chi connectivity index (χ3n) is 4.01. The summed E-state index contributed by atoms with van der Waals surface area (Å²) in [7, 11) is 0. The van der Waals surface area contributed by atoms with Crippen LogP contribution in [0.2, 0.25) is 0 Å². The van der Waals surface area contributed by atoms with E-state index in [1.807, 2.05) is 0 Å². The van der Waals surface area contributed by atoms with Gasteiger partial charge in [0.2, 0.25) is 0 Å². The minimum absolute atomic E-state index is 0.152. The second kappa shape index (κ2) is 5.22. The number of hydrogen-bond acceptors (Lipinski definition) is 1. The maximum absolute atomic E-state index is 10.3. The van der Waals surface area contributed by atoms with Crippen molar-refractivity contribution in [2.75, 3.05) is 0 Å². The number of hydrogen-bond donors (Lipinski definition) is 1. The molecule has 1 aliphatic carbocycles. The molecule has 0 aromatic heterocycles. The molecule has 2 rings (SSSR count). The van der Waals surface area contributed by atoms with Gasteiger partial charge in [-0.2, -0.15) is 0 Å². The minimum Gasteiger partial charge on any atom is -0.392 e. The summed E-state index contributed by atoms with van der Waals surface area (Å²) < 4.78 is 0. The Morgan fingerprint density at radius 1 is 1.18 bits per heavy atom. The molecule has 1 fully saturated rings. The third-order valence-corrected chi connectivity index (χ3v) is 4.01. The van der Waals surface area contributed by atoms with Crippen molar-refractivity contribution in [2.24, 2.45) is 11.8 Å². The van der Waals surface area contributed by atoms with Gasteiger partial charge in [0.25, 0.3) is 0 Å². The zero-order chi connectivity index (χ0) is 12.4. The van der Waals surface area contributed by atoms with Gasteiger partial charge in [-0.05, 0) is 50.5 Å². The second-order valence-corrected chi connectivity index (χ2v) is 5.95. The van der Waals surface area contributed by atoms with Crippen LogP contribution in [-0.2, 0) is 6.42 Å². The number of aliphatic hydroxyl groups excluding tert-OH is 1. The fraction of sp³-hybridized carbons (Fsp3) is 0.625. The molecule has 0 radical (unpaired) electrons. The molecule has 17 heavy (non-hydrogen) atoms. The molecule has 0 aliphatic heterocycles. The van der Waals surface area contributed by atoms with Crippen molar-refractivity contribution in [3.05, 3.63) is 34.9 Å². The quantitative estimate of drug-likeness (QED) is 0.843. The van der Waals surface area contributed by atoms with Crippen LogP contribution >= 0.6 is 0 Å². The van der Waals surface area contributed by atoms with Crippen molar-refractivity contribution in [3.8, 4) is 0 Å². The second-order valence-electron chi connectivity index (χ2n) is 5.95. The molecule has 0 saturated heterocycles. The van der Waals surface area contributed by atoms with E-state index in [1.165, 1.54) is 36.0 Å². The van der Waals surface area contributed by atoms with Crippen molar-refractivity contribution < 1.29 is 5.11 Å². The zero-order valence-corrected chi connectivity index (χ0v) is 11.2. The Morgan fingerprint density at radius 2 is 1.82 bits per heavy atom. The summed E-state index contributed by atoms with van der Waals surface area (Å²) in [6.45, 7) is 6.55. The molecule has 1 aromatic rings. The summed E-state index contributed by atoms with van der Waals surface area (Å²) in [5.74, 6) is 1.32. The lowest BCUT2D eigenvalue weighted by Gasteiger charge is -2.18. The highest BCUT2D eigenvalue weighted by atomic mass is 16.3. The van der Waals surface area contributed by atoms with Crippen LogP contribution in [0.1, 0.15) is 42.9 Å². The first-order chi connectivity index (χ1) is 8.04. The van der Waals surface area contributed by atoms with Crippen LogP contribution in [-0.4, -0.2) is 11.2 Å². The normalized spacial score (nSPS) is 26.1. The van der Waals surface area contributed by atoms with Crippen LogP contribution in [0.15, 0.2) is 18.2 Å². The van der Waals surface area contributed by atoms with Gasteiger partial charge < -0.3 is 5.11 Å². The zero-order valence-electron chi connectivity index (χ0n) is 11.2. The molecule has 0 heterocycles. The van der Waals surface area contributed by atoms with Crippen molar-refractivity contribution in [3.63, 3.8) is 0 Å². The van der Waals surface area contributed by atoms with Gasteiger partial charge in [0.05, 0.1) is 6.10 Å². The molecule has 1 nitrogen and oxygen atoms in total. The van der Waals surface area contributed by atoms with Crippen LogP contribution in [0, 0.1) is 25.7 Å². The van der Waals surface area contributed by atoms with Gasteiger partial charge in [-0.15, -0.1) is 0 Å². The van der Waals surface area contributed by atoms with Gasteiger partial charge in [-0.3, -0.25) is 0 Å². The van der Waals surface area contributed by atoms with Crippen LogP contribution in [0.5, 0.6) is 0 Å². The molecule has 1 saturated carbocycles. The van der Waals surface area contributed by atoms with Crippen molar-refractivity contribution in [1.29, 1.82) is 0 Å². The number of aliphatic hydroxyl groups is 1. The van der Waals surface area contributed by atoms with E-state index in [1.54, 1.807) is 0 Å². The summed E-state index contributed by atoms with van der Waals surface area (Å²) in [6.07, 6.45) is 4.36. The van der Waals surface area contributed by atoms with Gasteiger partial charge in [0.15, 0.2) is 0 Å². The lowest BCUT2D eigenvalue weighted by molar-refractivity contribution is 0.109. The van der Waals surface area contributed by atoms with Crippen LogP contribution in [0.4, 0.5) is 0 Å². The van der Waals surface area contributed by atoms with Gasteiger partial charge in [0, 0.05) is 0 Å². The lowest BCUT2D eigenvalue weighted by atomic mass is 9.93. The van der Waals surface area contributed by atoms with Crippen LogP contribution < -0.4 is 0 Å². The Labute approximate surface area is 105 Å². The molecule has 0 amide bonds. The Bertz CT molecular complexity index is 363. The molecule has 1 aromatic carbocycles. The van der Waals surface area contributed by atoms with E-state index < -0.39 is 0 Å². The Hall–Kier alpha value is -0.820. The molecule has 0 bridgehead atoms. The van der Waals surface area contributed by atoms with E-state index >= 15 is 0 Å². The number of aryl methyl sites for hydroxylation is 2. The van der Waals surface area contributed by atoms with Gasteiger partial charge in [-0.25, -0.2) is 0 Å². The molecular weight excluding hydrogens is 208 g/mol. The fourth-order valence-corrected chi connectivity index (χ4v) is 3.20. The average Bonchev–Trinajstić information content (AvgIpc) is 2.63. The highest BCUT2D eigenvalue weighted by Crippen LogP contribution is 2.33. The van der Waals surface area contributed by atoms with E-state index in [-0.39, 0.29) is 6.10 Å². The highest BCUT2D eigenvalue weighted by Gasteiger charge is 2.27. The molecular formula is C16H24O. The molecule has 3 atom stereocenters. The monoisotopic (exact) mass is 232 g/mol. The van der Waals surface area contributed by atoms with E-state index in [0.29, 0.717) is 5.92 Å². The Balaban J connectivity index is 2.00. The topological polar surface area (TPSA) is 20.2 Å². The Morgan fingerprint density at radius 3 is 2.35 bits per heavy atom. The predicted octanol–water partition coefficient (Wildman–Crippen LogP) is 3.64. The first-order valence-electron chi connectivity index (χ1n) is 6.80. The van der Waals surface area contributed by atoms with Crippen molar-refractivity contribution in [1.82, 2.24) is 0 Å². The maximum Gasteiger partial charge on any atom is 0.0608 e. The summed E-state index contributed by atoms with van der Waals surface area (Å²) in [6, 6.07) is 6.59. The molecule has 94 valence electrons. The largest absolute Gasteiger partial charge is 0.392 e. The number of rotatable bonds is 3. The molecule has 3 unspecified atom stereocenters. The minimum atomic E-state index is -0.152. The summed E-state index contributed by atoms with van der Waals surface area (Å²) in [5.41, 5.74) is 3.88. The average molecular weight is 232 g/mol. The van der Waals surface area contributed by atoms with E-state index in [9.17, 15) is 5.11 Å². The summed E-state index contributed by atoms with van der Waals surface area (Å²) in [4.78, 5) is 0. The van der Waals surface area contributed by atoms with Gasteiger partial charge >= 0.3 is 0 Å². The maximum atomic E-state index is 10.3. The molecule has 0 spiro atoms. The fourth-order valence-electron chi connectivity index (χ4n) is 3.20. The molecule has 1 N–H and O–H groups in total. The predicted molar refractivity (Wildman–Crippen MR) is 72.1 cm³/mol. The van der Waals surface area contributed by atoms with Crippen molar-refractivity contribution in [2.45, 2.75) is 52.6 Å². The Kier molecular flexibility index (Phi) is 3.88. The standard InChI is InChI=1S/C16H24O/c1-11-4-5-15(9-11)16(17)10-14-7-12(2)6-13(3)8-14/h6-8,11,15-17H,4-5,9-10H2,1-3H3. The third kappa shape index (κ3) is 3.32. The number of benzene rings is 1. The SMILES string of the molecule is Cc1cc(C)cc(CC(O)C2CCC(C)C2)c1. The molecule has 1 heteroatoms. The lowest BCUT2D eigenvalue weighted by Crippen LogP contribution is -2.20. The smallest absolute Gasteiger partial charge is 0.0608 e. The summed E-state index contributed by atoms with van der Waals surface area (Å²) in [5, 5.41) is 10.3. The van der Waals surface area contributed by atoms with E-state index in [4.69, 9.17) is 0 Å². The molecule has 1 aliphatic rings. The summed E-state index contributed by atoms with van der Waals surface area (Å²) >= 11 is 0. The first-order valence-corrected chi connectivity index (χ1v) is 6.80. The van der Waals surface area contributed by atoms with E-state index in [2.05, 4.69) is 39.0 Å². The van der Waals surface area contributed by atoms with Crippen LogP contribution in [0.3, 0.4) is 0 Å². The van der Waals surface area contributed by atoms with E-state index in [0.717, 1.165) is 12.3 Å².